The van der Waals surface area contributed by atoms with Crippen LogP contribution in [0, 0.1) is 51.8 Å². The van der Waals surface area contributed by atoms with E-state index >= 15 is 0 Å². The van der Waals surface area contributed by atoms with Crippen molar-refractivity contribution < 1.29 is 34.8 Å². The highest BCUT2D eigenvalue weighted by molar-refractivity contribution is 5.71. The zero-order valence-electron chi connectivity index (χ0n) is 23.8. The number of hydrogen-bond donors (Lipinski definition) is 4. The number of aliphatic hydroxyl groups is 4. The lowest BCUT2D eigenvalue weighted by molar-refractivity contribution is -0.170. The fraction of sp³-hybridized carbons (Fsp3) is 0.812. The summed E-state index contributed by atoms with van der Waals surface area (Å²) in [4.78, 5) is 25.4. The first-order chi connectivity index (χ1) is 18.3. The van der Waals surface area contributed by atoms with Gasteiger partial charge in [-0.15, -0.1) is 0 Å². The first-order valence-corrected chi connectivity index (χ1v) is 15.1. The molecule has 7 heteroatoms. The molecule has 5 fully saturated rings. The molecule has 1 unspecified atom stereocenters. The molecule has 0 aliphatic heterocycles. The fourth-order valence-corrected chi connectivity index (χ4v) is 11.4. The normalized spacial score (nSPS) is 52.1. The van der Waals surface area contributed by atoms with E-state index in [1.165, 1.54) is 6.92 Å². The maximum Gasteiger partial charge on any atom is 0.302 e. The quantitative estimate of drug-likeness (QED) is 0.239. The Kier molecular flexibility index (Phi) is 6.18. The first kappa shape index (κ1) is 27.6. The van der Waals surface area contributed by atoms with E-state index in [1.54, 1.807) is 13.8 Å². The summed E-state index contributed by atoms with van der Waals surface area (Å²) in [6.45, 7) is 11.0. The Balaban J connectivity index is 1.43. The van der Waals surface area contributed by atoms with Crippen LogP contribution in [-0.4, -0.2) is 62.7 Å². The number of esters is 1. The van der Waals surface area contributed by atoms with Gasteiger partial charge in [0, 0.05) is 41.4 Å². The Morgan fingerprint density at radius 1 is 1.03 bits per heavy atom. The number of allylic oxidation sites excluding steroid dienone is 1. The third kappa shape index (κ3) is 3.25. The number of aldehydes is 1. The van der Waals surface area contributed by atoms with Crippen LogP contribution in [-0.2, 0) is 14.3 Å². The SMILES string of the molecule is C=C(C)[C@@H]1CCC([C@@H]2CC[C@H]3C2=C[C@@]2(C=O)[C@H]4CC[C@]2([C@@H]3O)[C@H](O)[C@@]42CC[C@@H](C(C)(C)O)[C@@H]2O)[C@@H]1OC(C)=O. The largest absolute Gasteiger partial charge is 0.462 e. The predicted octanol–water partition coefficient (Wildman–Crippen LogP) is 3.33. The van der Waals surface area contributed by atoms with Gasteiger partial charge in [-0.3, -0.25) is 4.79 Å². The Hall–Kier alpha value is -1.54. The molecule has 0 radical (unpaired) electrons. The summed E-state index contributed by atoms with van der Waals surface area (Å²) in [5, 5.41) is 46.9. The number of carbonyl (C=O) groups is 2. The van der Waals surface area contributed by atoms with Gasteiger partial charge in [0.05, 0.1) is 29.3 Å². The molecule has 5 saturated carbocycles. The smallest absolute Gasteiger partial charge is 0.302 e. The number of carbonyl (C=O) groups excluding carboxylic acids is 2. The molecule has 0 aromatic carbocycles. The number of hydrogen-bond acceptors (Lipinski definition) is 7. The van der Waals surface area contributed by atoms with Gasteiger partial charge in [-0.2, -0.15) is 0 Å². The monoisotopic (exact) mass is 542 g/mol. The highest BCUT2D eigenvalue weighted by atomic mass is 16.5. The third-order valence-electron chi connectivity index (χ3n) is 12.8. The van der Waals surface area contributed by atoms with Crippen molar-refractivity contribution in [3.8, 4) is 0 Å². The second-order valence-electron chi connectivity index (χ2n) is 14.6. The van der Waals surface area contributed by atoms with Crippen molar-refractivity contribution in [3.05, 3.63) is 23.8 Å². The van der Waals surface area contributed by atoms with E-state index in [-0.39, 0.29) is 41.7 Å². The average Bonchev–Trinajstić information content (AvgIpc) is 3.62. The molecule has 6 aliphatic carbocycles. The van der Waals surface area contributed by atoms with E-state index in [2.05, 4.69) is 12.7 Å². The zero-order valence-corrected chi connectivity index (χ0v) is 23.8. The summed E-state index contributed by atoms with van der Waals surface area (Å²) >= 11 is 0. The van der Waals surface area contributed by atoms with E-state index < -0.39 is 46.1 Å². The molecular weight excluding hydrogens is 496 g/mol. The highest BCUT2D eigenvalue weighted by Crippen LogP contribution is 2.80. The number of aliphatic hydroxyl groups excluding tert-OH is 3. The molecule has 13 atom stereocenters. The summed E-state index contributed by atoms with van der Waals surface area (Å²) in [5.74, 6) is -0.919. The summed E-state index contributed by atoms with van der Waals surface area (Å²) in [5.41, 5.74) is -2.07. The lowest BCUT2D eigenvalue weighted by Crippen LogP contribution is -2.59. The summed E-state index contributed by atoms with van der Waals surface area (Å²) < 4.78 is 5.90. The lowest BCUT2D eigenvalue weighted by atomic mass is 9.55. The number of rotatable bonds is 5. The Labute approximate surface area is 231 Å². The van der Waals surface area contributed by atoms with Gasteiger partial charge < -0.3 is 30.0 Å². The summed E-state index contributed by atoms with van der Waals surface area (Å²) in [6, 6.07) is 0. The van der Waals surface area contributed by atoms with Crippen molar-refractivity contribution in [3.63, 3.8) is 0 Å². The summed E-state index contributed by atoms with van der Waals surface area (Å²) in [7, 11) is 0. The lowest BCUT2D eigenvalue weighted by Gasteiger charge is -2.51. The van der Waals surface area contributed by atoms with Crippen molar-refractivity contribution in [2.75, 3.05) is 0 Å². The van der Waals surface area contributed by atoms with Crippen molar-refractivity contribution in [1.29, 1.82) is 0 Å². The van der Waals surface area contributed by atoms with Crippen LogP contribution in [0.2, 0.25) is 0 Å². The van der Waals surface area contributed by atoms with Crippen LogP contribution in [0.15, 0.2) is 23.8 Å². The Morgan fingerprint density at radius 2 is 1.72 bits per heavy atom. The molecule has 0 heterocycles. The minimum Gasteiger partial charge on any atom is -0.462 e. The molecule has 39 heavy (non-hydrogen) atoms. The maximum atomic E-state index is 13.3. The molecule has 216 valence electrons. The fourth-order valence-electron chi connectivity index (χ4n) is 11.4. The summed E-state index contributed by atoms with van der Waals surface area (Å²) in [6.07, 6.45) is 5.61. The van der Waals surface area contributed by atoms with Gasteiger partial charge in [0.1, 0.15) is 12.4 Å². The van der Waals surface area contributed by atoms with Crippen molar-refractivity contribution in [2.24, 2.45) is 51.8 Å². The zero-order chi connectivity index (χ0) is 28.3. The highest BCUT2D eigenvalue weighted by Gasteiger charge is 2.83. The van der Waals surface area contributed by atoms with Gasteiger partial charge in [0.15, 0.2) is 0 Å². The molecule has 0 amide bonds. The van der Waals surface area contributed by atoms with Crippen LogP contribution in [0.1, 0.15) is 79.1 Å². The van der Waals surface area contributed by atoms with Crippen LogP contribution in [0.5, 0.6) is 0 Å². The van der Waals surface area contributed by atoms with Crippen LogP contribution in [0.25, 0.3) is 0 Å². The molecule has 0 aromatic heterocycles. The van der Waals surface area contributed by atoms with Crippen molar-refractivity contribution in [1.82, 2.24) is 0 Å². The van der Waals surface area contributed by atoms with E-state index in [1.807, 2.05) is 6.92 Å². The number of ether oxygens (including phenoxy) is 1. The third-order valence-corrected chi connectivity index (χ3v) is 12.8. The van der Waals surface area contributed by atoms with Crippen LogP contribution in [0.4, 0.5) is 0 Å². The average molecular weight is 543 g/mol. The van der Waals surface area contributed by atoms with Gasteiger partial charge >= 0.3 is 5.97 Å². The second-order valence-corrected chi connectivity index (χ2v) is 14.6. The van der Waals surface area contributed by atoms with Crippen LogP contribution < -0.4 is 0 Å². The molecule has 7 nitrogen and oxygen atoms in total. The molecule has 4 N–H and O–H groups in total. The molecule has 0 aromatic rings. The minimum absolute atomic E-state index is 0.0817. The van der Waals surface area contributed by atoms with E-state index in [9.17, 15) is 30.0 Å². The molecule has 6 rings (SSSR count). The van der Waals surface area contributed by atoms with Gasteiger partial charge in [-0.25, -0.2) is 0 Å². The van der Waals surface area contributed by atoms with Gasteiger partial charge in [0.25, 0.3) is 0 Å². The number of fused-ring (bicyclic) bond motifs is 2. The van der Waals surface area contributed by atoms with Crippen molar-refractivity contribution >= 4 is 12.3 Å². The standard InChI is InChI=1S/C32H46O7/c1-16(2)18-6-8-20(25(18)39-17(3)34)19-7-9-21-22(19)14-30(15-33)24-11-13-32(30,26(21)35)28(37)31(24)12-10-23(27(31)36)29(4,5)38/h14-15,18-21,23-28,35-38H,1,6-13H2,2-5H3/t18-,19-,20?,21-,23+,24+,25+,26+,27-,28+,30+,31-,32-/m0/s1. The predicted molar refractivity (Wildman–Crippen MR) is 144 cm³/mol. The van der Waals surface area contributed by atoms with Crippen LogP contribution >= 0.6 is 0 Å². The van der Waals surface area contributed by atoms with Crippen molar-refractivity contribution in [2.45, 2.75) is 109 Å². The minimum atomic E-state index is -1.12. The molecule has 6 aliphatic rings. The maximum absolute atomic E-state index is 13.3. The van der Waals surface area contributed by atoms with E-state index in [0.717, 1.165) is 43.1 Å². The van der Waals surface area contributed by atoms with Gasteiger partial charge in [-0.1, -0.05) is 23.8 Å². The first-order valence-electron chi connectivity index (χ1n) is 15.1. The Morgan fingerprint density at radius 3 is 2.31 bits per heavy atom. The molecule has 0 saturated heterocycles. The molecule has 2 bridgehead atoms. The molecule has 1 spiro atoms. The van der Waals surface area contributed by atoms with Crippen LogP contribution in [0.3, 0.4) is 0 Å². The second kappa shape index (κ2) is 8.73. The van der Waals surface area contributed by atoms with Gasteiger partial charge in [0.2, 0.25) is 0 Å². The topological polar surface area (TPSA) is 124 Å². The van der Waals surface area contributed by atoms with E-state index in [4.69, 9.17) is 4.74 Å². The molecular formula is C32H46O7. The van der Waals surface area contributed by atoms with Gasteiger partial charge in [-0.05, 0) is 84.0 Å². The van der Waals surface area contributed by atoms with E-state index in [0.29, 0.717) is 25.7 Å². The Bertz CT molecular complexity index is 1110.